The number of thiophene rings is 1. The maximum absolute atomic E-state index is 4.87. The van der Waals surface area contributed by atoms with E-state index < -0.39 is 0 Å². The molecule has 4 aromatic rings. The molecule has 6 heteroatoms. The summed E-state index contributed by atoms with van der Waals surface area (Å²) < 4.78 is 1.83. The Hall–Kier alpha value is -2.34. The summed E-state index contributed by atoms with van der Waals surface area (Å²) in [6, 6.07) is 3.89. The lowest BCUT2D eigenvalue weighted by molar-refractivity contribution is 0.184. The highest BCUT2D eigenvalue weighted by atomic mass is 32.1. The van der Waals surface area contributed by atoms with E-state index in [1.807, 2.05) is 28.0 Å². The Morgan fingerprint density at radius 3 is 2.85 bits per heavy atom. The molecule has 0 fully saturated rings. The van der Waals surface area contributed by atoms with Gasteiger partial charge in [0.1, 0.15) is 11.2 Å². The van der Waals surface area contributed by atoms with Crippen LogP contribution in [0.4, 0.5) is 0 Å². The summed E-state index contributed by atoms with van der Waals surface area (Å²) in [5.41, 5.74) is 3.75. The molecule has 1 aliphatic rings. The van der Waals surface area contributed by atoms with Crippen LogP contribution in [0.2, 0.25) is 0 Å². The molecule has 0 saturated carbocycles. The Bertz CT molecular complexity index is 1130. The molecule has 1 atom stereocenters. The van der Waals surface area contributed by atoms with Crippen molar-refractivity contribution in [3.05, 3.63) is 41.3 Å². The monoisotopic (exact) mass is 377 g/mol. The highest BCUT2D eigenvalue weighted by Gasteiger charge is 2.33. The summed E-state index contributed by atoms with van der Waals surface area (Å²) in [7, 11) is 0. The van der Waals surface area contributed by atoms with Crippen molar-refractivity contribution in [1.29, 1.82) is 0 Å². The predicted octanol–water partition coefficient (Wildman–Crippen LogP) is 4.94. The first-order valence-corrected chi connectivity index (χ1v) is 10.4. The van der Waals surface area contributed by atoms with Crippen LogP contribution in [0.5, 0.6) is 0 Å². The summed E-state index contributed by atoms with van der Waals surface area (Å²) in [6.07, 6.45) is 10.1. The van der Waals surface area contributed by atoms with E-state index in [1.54, 1.807) is 18.7 Å². The fraction of sp³-hybridized carbons (Fsp3) is 0.429. The maximum Gasteiger partial charge on any atom is 0.182 e. The van der Waals surface area contributed by atoms with Crippen molar-refractivity contribution in [2.75, 3.05) is 0 Å². The first-order valence-electron chi connectivity index (χ1n) is 9.63. The molecule has 4 heterocycles. The first kappa shape index (κ1) is 16.8. The van der Waals surface area contributed by atoms with Gasteiger partial charge in [0.25, 0.3) is 0 Å². The Morgan fingerprint density at radius 2 is 2.07 bits per heavy atom. The zero-order chi connectivity index (χ0) is 18.6. The average Bonchev–Trinajstić information content (AvgIpc) is 3.28. The molecule has 5 nitrogen and oxygen atoms in total. The average molecular weight is 378 g/mol. The number of fused-ring (bicyclic) bond motifs is 5. The molecule has 1 aliphatic carbocycles. The van der Waals surface area contributed by atoms with Gasteiger partial charge in [0.05, 0.1) is 5.39 Å². The fourth-order valence-electron chi connectivity index (χ4n) is 4.15. The lowest BCUT2D eigenvalue weighted by Crippen LogP contribution is -2.28. The van der Waals surface area contributed by atoms with Gasteiger partial charge in [-0.15, -0.1) is 16.4 Å². The van der Waals surface area contributed by atoms with E-state index in [2.05, 4.69) is 30.9 Å². The van der Waals surface area contributed by atoms with Gasteiger partial charge >= 0.3 is 0 Å². The molecule has 0 saturated heterocycles. The lowest BCUT2D eigenvalue weighted by Gasteiger charge is -2.36. The van der Waals surface area contributed by atoms with Crippen molar-refractivity contribution in [2.45, 2.75) is 46.5 Å². The molecule has 0 aromatic carbocycles. The summed E-state index contributed by atoms with van der Waals surface area (Å²) in [5, 5.41) is 5.86. The Morgan fingerprint density at radius 1 is 1.26 bits per heavy atom. The predicted molar refractivity (Wildman–Crippen MR) is 109 cm³/mol. The second-order valence-electron chi connectivity index (χ2n) is 8.15. The van der Waals surface area contributed by atoms with E-state index in [0.717, 1.165) is 40.6 Å². The second-order valence-corrected chi connectivity index (χ2v) is 9.23. The van der Waals surface area contributed by atoms with Crippen LogP contribution < -0.4 is 0 Å². The molecule has 0 amide bonds. The standard InChI is InChI=1S/C21H23N5S/c1-4-21(2,3)14-5-6-15-16(11-14)27-20-17(15)19-24-18(25-26(19)12-23-20)13-7-9-22-10-8-13/h7-10,12,14H,4-6,11H2,1-3H3/t14-/m0/s1. The maximum atomic E-state index is 4.87. The van der Waals surface area contributed by atoms with E-state index in [4.69, 9.17) is 9.97 Å². The van der Waals surface area contributed by atoms with Gasteiger partial charge < -0.3 is 0 Å². The van der Waals surface area contributed by atoms with Crippen molar-refractivity contribution in [1.82, 2.24) is 24.6 Å². The minimum Gasteiger partial charge on any atom is -0.265 e. The number of aromatic nitrogens is 5. The molecule has 5 rings (SSSR count). The van der Waals surface area contributed by atoms with Gasteiger partial charge in [0.15, 0.2) is 11.5 Å². The largest absolute Gasteiger partial charge is 0.265 e. The SMILES string of the molecule is CCC(C)(C)[C@H]1CCc2c(sc3ncn4nc(-c5ccncc5)nc4c23)C1. The summed E-state index contributed by atoms with van der Waals surface area (Å²) in [6.45, 7) is 7.13. The highest BCUT2D eigenvalue weighted by molar-refractivity contribution is 7.19. The molecule has 0 bridgehead atoms. The van der Waals surface area contributed by atoms with Gasteiger partial charge in [0, 0.05) is 22.8 Å². The quantitative estimate of drug-likeness (QED) is 0.507. The van der Waals surface area contributed by atoms with E-state index in [9.17, 15) is 0 Å². The third-order valence-electron chi connectivity index (χ3n) is 6.34. The molecule has 0 N–H and O–H groups in total. The molecule has 27 heavy (non-hydrogen) atoms. The number of hydrogen-bond donors (Lipinski definition) is 0. The third-order valence-corrected chi connectivity index (χ3v) is 7.50. The van der Waals surface area contributed by atoms with Crippen LogP contribution >= 0.6 is 11.3 Å². The smallest absolute Gasteiger partial charge is 0.182 e. The van der Waals surface area contributed by atoms with Gasteiger partial charge in [-0.05, 0) is 48.3 Å². The van der Waals surface area contributed by atoms with Crippen LogP contribution in [0.25, 0.3) is 27.3 Å². The Kier molecular flexibility index (Phi) is 3.79. The number of nitrogens with zero attached hydrogens (tertiary/aromatic N) is 5. The summed E-state index contributed by atoms with van der Waals surface area (Å²) in [5.74, 6) is 1.47. The normalized spacial score (nSPS) is 17.5. The van der Waals surface area contributed by atoms with Crippen molar-refractivity contribution >= 4 is 27.2 Å². The lowest BCUT2D eigenvalue weighted by atomic mass is 9.70. The van der Waals surface area contributed by atoms with E-state index in [0.29, 0.717) is 5.41 Å². The highest BCUT2D eigenvalue weighted by Crippen LogP contribution is 2.44. The summed E-state index contributed by atoms with van der Waals surface area (Å²) >= 11 is 1.85. The Labute approximate surface area is 162 Å². The zero-order valence-corrected chi connectivity index (χ0v) is 16.8. The first-order chi connectivity index (χ1) is 13.1. The van der Waals surface area contributed by atoms with Gasteiger partial charge in [0.2, 0.25) is 0 Å². The van der Waals surface area contributed by atoms with Crippen molar-refractivity contribution in [3.8, 4) is 11.4 Å². The number of pyridine rings is 1. The van der Waals surface area contributed by atoms with E-state index >= 15 is 0 Å². The number of rotatable bonds is 3. The molecule has 0 radical (unpaired) electrons. The van der Waals surface area contributed by atoms with Gasteiger partial charge in [-0.25, -0.2) is 14.5 Å². The molecule has 0 unspecified atom stereocenters. The van der Waals surface area contributed by atoms with Crippen LogP contribution in [0, 0.1) is 11.3 Å². The van der Waals surface area contributed by atoms with Gasteiger partial charge in [-0.2, -0.15) is 0 Å². The molecule has 0 spiro atoms. The summed E-state index contributed by atoms with van der Waals surface area (Å²) in [4.78, 5) is 16.2. The Balaban J connectivity index is 1.64. The van der Waals surface area contributed by atoms with Gasteiger partial charge in [-0.1, -0.05) is 27.2 Å². The number of hydrogen-bond acceptors (Lipinski definition) is 5. The fourth-order valence-corrected chi connectivity index (χ4v) is 5.42. The molecule has 0 aliphatic heterocycles. The molecule has 138 valence electrons. The minimum atomic E-state index is 0.389. The third kappa shape index (κ3) is 2.65. The van der Waals surface area contributed by atoms with Crippen LogP contribution in [0.3, 0.4) is 0 Å². The molecular weight excluding hydrogens is 354 g/mol. The van der Waals surface area contributed by atoms with Crippen molar-refractivity contribution in [2.24, 2.45) is 11.3 Å². The van der Waals surface area contributed by atoms with E-state index in [-0.39, 0.29) is 0 Å². The van der Waals surface area contributed by atoms with E-state index in [1.165, 1.54) is 28.7 Å². The topological polar surface area (TPSA) is 56.0 Å². The van der Waals surface area contributed by atoms with Crippen LogP contribution in [-0.4, -0.2) is 24.6 Å². The second kappa shape index (κ2) is 6.09. The van der Waals surface area contributed by atoms with Crippen LogP contribution in [0.1, 0.15) is 44.1 Å². The van der Waals surface area contributed by atoms with Gasteiger partial charge in [-0.3, -0.25) is 4.98 Å². The van der Waals surface area contributed by atoms with Crippen LogP contribution in [0.15, 0.2) is 30.9 Å². The minimum absolute atomic E-state index is 0.389. The van der Waals surface area contributed by atoms with Crippen molar-refractivity contribution in [3.63, 3.8) is 0 Å². The zero-order valence-electron chi connectivity index (χ0n) is 15.9. The van der Waals surface area contributed by atoms with Crippen molar-refractivity contribution < 1.29 is 0 Å². The molecule has 4 aromatic heterocycles. The number of aryl methyl sites for hydroxylation is 1. The molecular formula is C21H23N5S. The van der Waals surface area contributed by atoms with Crippen LogP contribution in [-0.2, 0) is 12.8 Å².